The fourth-order valence-electron chi connectivity index (χ4n) is 2.96. The average molecular weight is 366 g/mol. The van der Waals surface area contributed by atoms with Crippen molar-refractivity contribution in [1.29, 1.82) is 0 Å². The van der Waals surface area contributed by atoms with Gasteiger partial charge < -0.3 is 15.1 Å². The minimum atomic E-state index is -0.324. The molecule has 0 radical (unpaired) electrons. The van der Waals surface area contributed by atoms with Gasteiger partial charge in [-0.3, -0.25) is 19.4 Å². The van der Waals surface area contributed by atoms with Gasteiger partial charge >= 0.3 is 0 Å². The molecule has 7 heteroatoms. The van der Waals surface area contributed by atoms with Gasteiger partial charge in [0.2, 0.25) is 5.91 Å². The first-order valence-electron chi connectivity index (χ1n) is 8.87. The van der Waals surface area contributed by atoms with Gasteiger partial charge in [-0.15, -0.1) is 0 Å². The molecule has 27 heavy (non-hydrogen) atoms. The lowest BCUT2D eigenvalue weighted by molar-refractivity contribution is -0.130. The zero-order chi connectivity index (χ0) is 19.2. The SMILES string of the molecule is CC(=O)N1CCN(C(=O)c2ccnc(C(=O)NCc3ccccc3)c2)CC1. The van der Waals surface area contributed by atoms with Gasteiger partial charge in [0.15, 0.2) is 0 Å². The van der Waals surface area contributed by atoms with Gasteiger partial charge in [-0.25, -0.2) is 0 Å². The Bertz CT molecular complexity index is 830. The van der Waals surface area contributed by atoms with Crippen LogP contribution in [0, 0.1) is 0 Å². The van der Waals surface area contributed by atoms with Gasteiger partial charge in [0.1, 0.15) is 5.69 Å². The van der Waals surface area contributed by atoms with Gasteiger partial charge in [0.05, 0.1) is 0 Å². The van der Waals surface area contributed by atoms with Crippen LogP contribution in [0.5, 0.6) is 0 Å². The van der Waals surface area contributed by atoms with E-state index in [0.29, 0.717) is 38.3 Å². The van der Waals surface area contributed by atoms with E-state index in [1.807, 2.05) is 30.3 Å². The van der Waals surface area contributed by atoms with Crippen LogP contribution in [0.15, 0.2) is 48.7 Å². The van der Waals surface area contributed by atoms with Gasteiger partial charge in [-0.2, -0.15) is 0 Å². The van der Waals surface area contributed by atoms with Crippen molar-refractivity contribution < 1.29 is 14.4 Å². The number of carbonyl (C=O) groups is 3. The molecular formula is C20H22N4O3. The van der Waals surface area contributed by atoms with E-state index >= 15 is 0 Å². The fraction of sp³-hybridized carbons (Fsp3) is 0.300. The molecule has 140 valence electrons. The van der Waals surface area contributed by atoms with E-state index in [-0.39, 0.29) is 23.4 Å². The normalized spacial score (nSPS) is 14.0. The summed E-state index contributed by atoms with van der Waals surface area (Å²) in [6.45, 7) is 3.94. The highest BCUT2D eigenvalue weighted by atomic mass is 16.2. The topological polar surface area (TPSA) is 82.6 Å². The lowest BCUT2D eigenvalue weighted by atomic mass is 10.1. The Morgan fingerprint density at radius 1 is 1.00 bits per heavy atom. The first-order chi connectivity index (χ1) is 13.0. The minimum absolute atomic E-state index is 0.0170. The number of piperazine rings is 1. The minimum Gasteiger partial charge on any atom is -0.347 e. The van der Waals surface area contributed by atoms with E-state index in [0.717, 1.165) is 5.56 Å². The Hall–Kier alpha value is -3.22. The number of pyridine rings is 1. The number of hydrogen-bond acceptors (Lipinski definition) is 4. The molecule has 1 aromatic heterocycles. The largest absolute Gasteiger partial charge is 0.347 e. The molecular weight excluding hydrogens is 344 g/mol. The molecule has 7 nitrogen and oxygen atoms in total. The smallest absolute Gasteiger partial charge is 0.270 e. The summed E-state index contributed by atoms with van der Waals surface area (Å²) in [5.41, 5.74) is 1.62. The van der Waals surface area contributed by atoms with Crippen molar-refractivity contribution in [3.05, 3.63) is 65.5 Å². The number of aromatic nitrogens is 1. The van der Waals surface area contributed by atoms with Crippen molar-refractivity contribution >= 4 is 17.7 Å². The fourth-order valence-corrected chi connectivity index (χ4v) is 2.96. The highest BCUT2D eigenvalue weighted by molar-refractivity contribution is 5.98. The summed E-state index contributed by atoms with van der Waals surface area (Å²) in [7, 11) is 0. The number of hydrogen-bond donors (Lipinski definition) is 1. The van der Waals surface area contributed by atoms with Crippen LogP contribution < -0.4 is 5.32 Å². The molecule has 1 fully saturated rings. The first kappa shape index (κ1) is 18.6. The number of nitrogens with zero attached hydrogens (tertiary/aromatic N) is 3. The molecule has 2 aromatic rings. The Morgan fingerprint density at radius 2 is 1.67 bits per heavy atom. The summed E-state index contributed by atoms with van der Waals surface area (Å²) < 4.78 is 0. The Kier molecular flexibility index (Phi) is 5.80. The Balaban J connectivity index is 1.62. The molecule has 1 saturated heterocycles. The number of carbonyl (C=O) groups excluding carboxylic acids is 3. The van der Waals surface area contributed by atoms with Crippen LogP contribution in [0.4, 0.5) is 0 Å². The molecule has 0 aliphatic carbocycles. The van der Waals surface area contributed by atoms with Crippen molar-refractivity contribution in [2.45, 2.75) is 13.5 Å². The van der Waals surface area contributed by atoms with Crippen LogP contribution in [0.3, 0.4) is 0 Å². The maximum atomic E-state index is 12.7. The monoisotopic (exact) mass is 366 g/mol. The van der Waals surface area contributed by atoms with Crippen LogP contribution in [-0.4, -0.2) is 58.7 Å². The maximum Gasteiger partial charge on any atom is 0.270 e. The zero-order valence-corrected chi connectivity index (χ0v) is 15.2. The zero-order valence-electron chi connectivity index (χ0n) is 15.2. The van der Waals surface area contributed by atoms with Crippen molar-refractivity contribution in [2.75, 3.05) is 26.2 Å². The molecule has 0 saturated carbocycles. The van der Waals surface area contributed by atoms with Crippen LogP contribution >= 0.6 is 0 Å². The predicted molar refractivity (Wildman–Crippen MR) is 100 cm³/mol. The van der Waals surface area contributed by atoms with Crippen molar-refractivity contribution in [3.8, 4) is 0 Å². The number of rotatable bonds is 4. The second-order valence-corrected chi connectivity index (χ2v) is 6.40. The van der Waals surface area contributed by atoms with Crippen molar-refractivity contribution in [3.63, 3.8) is 0 Å². The van der Waals surface area contributed by atoms with Crippen molar-refractivity contribution in [2.24, 2.45) is 0 Å². The van der Waals surface area contributed by atoms with E-state index < -0.39 is 0 Å². The van der Waals surface area contributed by atoms with Gasteiger partial charge in [0.25, 0.3) is 11.8 Å². The maximum absolute atomic E-state index is 12.7. The second kappa shape index (κ2) is 8.44. The Labute approximate surface area is 158 Å². The molecule has 3 amide bonds. The van der Waals surface area contributed by atoms with E-state index in [4.69, 9.17) is 0 Å². The predicted octanol–water partition coefficient (Wildman–Crippen LogP) is 1.32. The molecule has 1 N–H and O–H groups in total. The first-order valence-corrected chi connectivity index (χ1v) is 8.87. The van der Waals surface area contributed by atoms with Crippen LogP contribution in [0.1, 0.15) is 33.3 Å². The molecule has 1 aliphatic rings. The van der Waals surface area contributed by atoms with E-state index in [1.54, 1.807) is 15.9 Å². The third-order valence-corrected chi connectivity index (χ3v) is 4.55. The lowest BCUT2D eigenvalue weighted by Gasteiger charge is -2.34. The molecule has 1 aliphatic heterocycles. The van der Waals surface area contributed by atoms with Gasteiger partial charge in [-0.05, 0) is 17.7 Å². The second-order valence-electron chi connectivity index (χ2n) is 6.40. The molecule has 0 bridgehead atoms. The molecule has 1 aromatic carbocycles. The molecule has 0 atom stereocenters. The van der Waals surface area contributed by atoms with Gasteiger partial charge in [0, 0.05) is 51.4 Å². The number of amides is 3. The summed E-state index contributed by atoms with van der Waals surface area (Å²) in [5.74, 6) is -0.462. The summed E-state index contributed by atoms with van der Waals surface area (Å²) in [6.07, 6.45) is 1.47. The van der Waals surface area contributed by atoms with Gasteiger partial charge in [-0.1, -0.05) is 30.3 Å². The van der Waals surface area contributed by atoms with Crippen molar-refractivity contribution in [1.82, 2.24) is 20.1 Å². The molecule has 3 rings (SSSR count). The average Bonchev–Trinajstić information content (AvgIpc) is 2.72. The molecule has 0 spiro atoms. The molecule has 2 heterocycles. The highest BCUT2D eigenvalue weighted by Gasteiger charge is 2.23. The summed E-state index contributed by atoms with van der Waals surface area (Å²) in [5, 5.41) is 2.81. The number of nitrogens with one attached hydrogen (secondary N) is 1. The van der Waals surface area contributed by atoms with Crippen LogP contribution in [0.25, 0.3) is 0 Å². The standard InChI is InChI=1S/C20H22N4O3/c1-15(25)23-9-11-24(12-10-23)20(27)17-7-8-21-18(13-17)19(26)22-14-16-5-3-2-4-6-16/h2-8,13H,9-12,14H2,1H3,(H,22,26). The van der Waals surface area contributed by atoms with E-state index in [9.17, 15) is 14.4 Å². The third-order valence-electron chi connectivity index (χ3n) is 4.55. The Morgan fingerprint density at radius 3 is 2.33 bits per heavy atom. The van der Waals surface area contributed by atoms with Crippen LogP contribution in [0.2, 0.25) is 0 Å². The number of benzene rings is 1. The molecule has 0 unspecified atom stereocenters. The summed E-state index contributed by atoms with van der Waals surface area (Å²) >= 11 is 0. The van der Waals surface area contributed by atoms with E-state index in [2.05, 4.69) is 10.3 Å². The summed E-state index contributed by atoms with van der Waals surface area (Å²) in [4.78, 5) is 43.9. The quantitative estimate of drug-likeness (QED) is 0.885. The lowest BCUT2D eigenvalue weighted by Crippen LogP contribution is -2.50. The van der Waals surface area contributed by atoms with Crippen LogP contribution in [-0.2, 0) is 11.3 Å². The highest BCUT2D eigenvalue weighted by Crippen LogP contribution is 2.10. The third kappa shape index (κ3) is 4.69. The summed E-state index contributed by atoms with van der Waals surface area (Å²) in [6, 6.07) is 12.7. The van der Waals surface area contributed by atoms with E-state index in [1.165, 1.54) is 19.2 Å².